The second-order valence-electron chi connectivity index (χ2n) is 6.24. The quantitative estimate of drug-likeness (QED) is 0.421. The fourth-order valence-corrected chi connectivity index (χ4v) is 3.30. The zero-order chi connectivity index (χ0) is 15.6. The molecule has 0 bridgehead atoms. The second kappa shape index (κ2) is 10.3. The van der Waals surface area contributed by atoms with E-state index >= 15 is 0 Å². The van der Waals surface area contributed by atoms with Crippen molar-refractivity contribution < 1.29 is 0 Å². The molecule has 21 heavy (non-hydrogen) atoms. The lowest BCUT2D eigenvalue weighted by atomic mass is 9.84. The summed E-state index contributed by atoms with van der Waals surface area (Å²) < 4.78 is 0. The molecule has 0 amide bonds. The fourth-order valence-electron chi connectivity index (χ4n) is 2.89. The minimum Gasteiger partial charge on any atom is -0.399 e. The van der Waals surface area contributed by atoms with Crippen LogP contribution in [0.15, 0.2) is 23.9 Å². The van der Waals surface area contributed by atoms with E-state index in [1.165, 1.54) is 51.4 Å². The molecule has 0 aromatic heterocycles. The van der Waals surface area contributed by atoms with E-state index in [0.29, 0.717) is 0 Å². The molecule has 0 aliphatic heterocycles. The molecule has 0 fully saturated rings. The molecule has 122 valence electrons. The van der Waals surface area contributed by atoms with Gasteiger partial charge < -0.3 is 11.1 Å². The summed E-state index contributed by atoms with van der Waals surface area (Å²) in [5.74, 6) is 0. The van der Waals surface area contributed by atoms with Crippen LogP contribution < -0.4 is 11.1 Å². The molecule has 0 spiro atoms. The summed E-state index contributed by atoms with van der Waals surface area (Å²) in [6.45, 7) is 5.53. The van der Waals surface area contributed by atoms with Crippen molar-refractivity contribution in [2.45, 2.75) is 82.6 Å². The van der Waals surface area contributed by atoms with Crippen LogP contribution >= 0.6 is 11.6 Å². The van der Waals surface area contributed by atoms with E-state index in [2.05, 4.69) is 25.2 Å². The van der Waals surface area contributed by atoms with Crippen LogP contribution in [-0.2, 0) is 0 Å². The number of nitrogens with two attached hydrogens (primary N) is 1. The van der Waals surface area contributed by atoms with E-state index in [1.807, 2.05) is 12.2 Å². The average molecular weight is 313 g/mol. The van der Waals surface area contributed by atoms with Gasteiger partial charge in [-0.2, -0.15) is 0 Å². The van der Waals surface area contributed by atoms with Crippen LogP contribution in [0.3, 0.4) is 0 Å². The number of alkyl halides is 1. The predicted molar refractivity (Wildman–Crippen MR) is 94.7 cm³/mol. The van der Waals surface area contributed by atoms with Crippen LogP contribution in [0.4, 0.5) is 0 Å². The summed E-state index contributed by atoms with van der Waals surface area (Å²) in [6, 6.07) is 0. The molecule has 2 atom stereocenters. The van der Waals surface area contributed by atoms with Crippen molar-refractivity contribution in [3.8, 4) is 0 Å². The Balaban J connectivity index is 2.52. The number of unbranched alkanes of at least 4 members (excludes halogenated alkanes) is 6. The molecule has 1 rings (SSSR count). The Morgan fingerprint density at radius 3 is 2.38 bits per heavy atom. The van der Waals surface area contributed by atoms with E-state index in [-0.39, 0.29) is 10.9 Å². The molecule has 0 saturated heterocycles. The van der Waals surface area contributed by atoms with E-state index < -0.39 is 0 Å². The van der Waals surface area contributed by atoms with Gasteiger partial charge >= 0.3 is 0 Å². The number of allylic oxidation sites excluding steroid dienone is 1. The van der Waals surface area contributed by atoms with E-state index in [9.17, 15) is 0 Å². The smallest absolute Gasteiger partial charge is 0.0756 e. The Kier molecular flexibility index (Phi) is 9.10. The lowest BCUT2D eigenvalue weighted by molar-refractivity contribution is 0.358. The Morgan fingerprint density at radius 1 is 1.10 bits per heavy atom. The van der Waals surface area contributed by atoms with Gasteiger partial charge in [-0.05, 0) is 31.5 Å². The van der Waals surface area contributed by atoms with Gasteiger partial charge in [-0.1, -0.05) is 64.9 Å². The standard InChI is InChI=1S/C18H33ClN2/c1-3-5-7-9-12-18(21-14-10-8-6-4-2)13-11-16(20)15-17(18)19/h11,13,15,17,21H,3-10,12,14,20H2,1-2H3. The molecule has 0 heterocycles. The van der Waals surface area contributed by atoms with E-state index in [0.717, 1.165) is 18.7 Å². The molecule has 0 aromatic carbocycles. The maximum Gasteiger partial charge on any atom is 0.0756 e. The van der Waals surface area contributed by atoms with Gasteiger partial charge in [-0.25, -0.2) is 0 Å². The van der Waals surface area contributed by atoms with Crippen LogP contribution in [0.5, 0.6) is 0 Å². The van der Waals surface area contributed by atoms with Crippen molar-refractivity contribution in [3.05, 3.63) is 23.9 Å². The fraction of sp³-hybridized carbons (Fsp3) is 0.778. The van der Waals surface area contributed by atoms with Crippen LogP contribution in [0, 0.1) is 0 Å². The largest absolute Gasteiger partial charge is 0.399 e. The lowest BCUT2D eigenvalue weighted by Gasteiger charge is -2.37. The first-order valence-corrected chi connectivity index (χ1v) is 9.14. The summed E-state index contributed by atoms with van der Waals surface area (Å²) in [7, 11) is 0. The molecular weight excluding hydrogens is 280 g/mol. The lowest BCUT2D eigenvalue weighted by Crippen LogP contribution is -2.52. The normalized spacial score (nSPS) is 25.1. The minimum atomic E-state index is -0.107. The van der Waals surface area contributed by atoms with Crippen LogP contribution in [-0.4, -0.2) is 17.5 Å². The first kappa shape index (κ1) is 18.6. The third-order valence-electron chi connectivity index (χ3n) is 4.33. The molecular formula is C18H33ClN2. The maximum atomic E-state index is 6.62. The molecule has 0 radical (unpaired) electrons. The number of halogens is 1. The van der Waals surface area contributed by atoms with E-state index in [1.54, 1.807) is 0 Å². The number of nitrogens with one attached hydrogen (secondary N) is 1. The van der Waals surface area contributed by atoms with Gasteiger partial charge in [0.1, 0.15) is 0 Å². The summed E-state index contributed by atoms with van der Waals surface area (Å²) in [4.78, 5) is 0. The number of hydrogen-bond acceptors (Lipinski definition) is 2. The highest BCUT2D eigenvalue weighted by molar-refractivity contribution is 6.23. The summed E-state index contributed by atoms with van der Waals surface area (Å²) in [6.07, 6.45) is 17.5. The van der Waals surface area contributed by atoms with Crippen molar-refractivity contribution in [2.24, 2.45) is 5.73 Å². The molecule has 1 aliphatic rings. The molecule has 2 unspecified atom stereocenters. The molecule has 3 heteroatoms. The molecule has 0 saturated carbocycles. The predicted octanol–water partition coefficient (Wildman–Crippen LogP) is 4.89. The Morgan fingerprint density at radius 2 is 1.76 bits per heavy atom. The van der Waals surface area contributed by atoms with Gasteiger partial charge in [-0.15, -0.1) is 11.6 Å². The Hall–Kier alpha value is -0.470. The highest BCUT2D eigenvalue weighted by Crippen LogP contribution is 2.30. The van der Waals surface area contributed by atoms with Crippen molar-refractivity contribution in [1.29, 1.82) is 0 Å². The summed E-state index contributed by atoms with van der Waals surface area (Å²) in [5.41, 5.74) is 6.56. The molecule has 1 aliphatic carbocycles. The first-order chi connectivity index (χ1) is 10.1. The van der Waals surface area contributed by atoms with Crippen molar-refractivity contribution >= 4 is 11.6 Å². The summed E-state index contributed by atoms with van der Waals surface area (Å²) >= 11 is 6.62. The van der Waals surface area contributed by atoms with Crippen molar-refractivity contribution in [1.82, 2.24) is 5.32 Å². The molecule has 2 nitrogen and oxygen atoms in total. The van der Waals surface area contributed by atoms with Crippen molar-refractivity contribution in [2.75, 3.05) is 6.54 Å². The first-order valence-electron chi connectivity index (χ1n) is 8.70. The third kappa shape index (κ3) is 6.44. The van der Waals surface area contributed by atoms with Gasteiger partial charge in [0.25, 0.3) is 0 Å². The highest BCUT2D eigenvalue weighted by Gasteiger charge is 2.34. The average Bonchev–Trinajstić information content (AvgIpc) is 2.47. The highest BCUT2D eigenvalue weighted by atomic mass is 35.5. The second-order valence-corrected chi connectivity index (χ2v) is 6.71. The summed E-state index contributed by atoms with van der Waals surface area (Å²) in [5, 5.41) is 3.68. The van der Waals surface area contributed by atoms with Crippen LogP contribution in [0.1, 0.15) is 71.6 Å². The monoisotopic (exact) mass is 312 g/mol. The van der Waals surface area contributed by atoms with E-state index in [4.69, 9.17) is 17.3 Å². The topological polar surface area (TPSA) is 38.0 Å². The zero-order valence-electron chi connectivity index (χ0n) is 13.8. The third-order valence-corrected chi connectivity index (χ3v) is 4.85. The van der Waals surface area contributed by atoms with Gasteiger partial charge in [0, 0.05) is 5.70 Å². The van der Waals surface area contributed by atoms with Crippen LogP contribution in [0.25, 0.3) is 0 Å². The minimum absolute atomic E-state index is 0.0460. The number of rotatable bonds is 11. The Bertz CT molecular complexity index is 338. The number of hydrogen-bond donors (Lipinski definition) is 2. The van der Waals surface area contributed by atoms with Crippen LogP contribution in [0.2, 0.25) is 0 Å². The van der Waals surface area contributed by atoms with Gasteiger partial charge in [0.05, 0.1) is 10.9 Å². The van der Waals surface area contributed by atoms with Gasteiger partial charge in [0.15, 0.2) is 0 Å². The maximum absolute atomic E-state index is 6.62. The van der Waals surface area contributed by atoms with Crippen molar-refractivity contribution in [3.63, 3.8) is 0 Å². The molecule has 0 aromatic rings. The molecule has 3 N–H and O–H groups in total. The van der Waals surface area contributed by atoms with Gasteiger partial charge in [0.2, 0.25) is 0 Å². The van der Waals surface area contributed by atoms with Gasteiger partial charge in [-0.3, -0.25) is 0 Å². The Labute approximate surface area is 136 Å². The zero-order valence-corrected chi connectivity index (χ0v) is 14.6. The SMILES string of the molecule is CCCCCCNC1(CCCCCC)C=CC(N)=CC1Cl.